The van der Waals surface area contributed by atoms with Gasteiger partial charge in [0, 0.05) is 17.2 Å². The molecular formula is C15H14N2O3. The van der Waals surface area contributed by atoms with Crippen LogP contribution in [-0.4, -0.2) is 22.3 Å². The van der Waals surface area contributed by atoms with Crippen molar-refractivity contribution in [3.05, 3.63) is 59.2 Å². The largest absolute Gasteiger partial charge is 0.508 e. The normalized spacial score (nSPS) is 10.7. The molecular weight excluding hydrogens is 256 g/mol. The molecule has 0 bridgehead atoms. The number of carbonyl (C=O) groups is 1. The average Bonchev–Trinajstić information content (AvgIpc) is 2.42. The summed E-state index contributed by atoms with van der Waals surface area (Å²) < 4.78 is 0. The number of benzene rings is 2. The van der Waals surface area contributed by atoms with E-state index in [2.05, 4.69) is 10.5 Å². The minimum atomic E-state index is -0.335. The lowest BCUT2D eigenvalue weighted by atomic mass is 10.1. The second-order valence-electron chi connectivity index (χ2n) is 4.26. The first-order valence-electron chi connectivity index (χ1n) is 5.99. The molecule has 0 aliphatic rings. The van der Waals surface area contributed by atoms with Gasteiger partial charge in [-0.25, -0.2) is 5.43 Å². The molecule has 0 aliphatic carbocycles. The van der Waals surface area contributed by atoms with Crippen LogP contribution in [0.2, 0.25) is 0 Å². The van der Waals surface area contributed by atoms with Gasteiger partial charge in [0.1, 0.15) is 11.5 Å². The van der Waals surface area contributed by atoms with Gasteiger partial charge in [0.05, 0.1) is 6.21 Å². The first-order chi connectivity index (χ1) is 9.58. The molecule has 0 aliphatic heterocycles. The Morgan fingerprint density at radius 3 is 2.55 bits per heavy atom. The standard InChI is InChI=1S/C15H14N2O3/c1-10-7-12(18)8-14(19)13(10)9-16-17-15(20)11-5-3-2-4-6-11/h2-9,18-19H,1H3,(H,17,20)/b16-9+. The Bertz CT molecular complexity index is 628. The molecule has 0 heterocycles. The molecule has 102 valence electrons. The molecule has 5 nitrogen and oxygen atoms in total. The summed E-state index contributed by atoms with van der Waals surface area (Å²) in [4.78, 5) is 11.7. The number of rotatable bonds is 3. The van der Waals surface area contributed by atoms with Gasteiger partial charge in [-0.15, -0.1) is 0 Å². The van der Waals surface area contributed by atoms with E-state index in [1.54, 1.807) is 31.2 Å². The third-order valence-electron chi connectivity index (χ3n) is 2.75. The molecule has 2 rings (SSSR count). The summed E-state index contributed by atoms with van der Waals surface area (Å²) in [6, 6.07) is 11.4. The number of carbonyl (C=O) groups excluding carboxylic acids is 1. The fourth-order valence-corrected chi connectivity index (χ4v) is 1.74. The summed E-state index contributed by atoms with van der Waals surface area (Å²) in [7, 11) is 0. The quantitative estimate of drug-likeness (QED) is 0.590. The van der Waals surface area contributed by atoms with Crippen LogP contribution in [0.3, 0.4) is 0 Å². The Balaban J connectivity index is 2.10. The van der Waals surface area contributed by atoms with Crippen LogP contribution in [0.5, 0.6) is 11.5 Å². The zero-order valence-electron chi connectivity index (χ0n) is 10.9. The van der Waals surface area contributed by atoms with Gasteiger partial charge >= 0.3 is 0 Å². The van der Waals surface area contributed by atoms with Gasteiger partial charge < -0.3 is 10.2 Å². The van der Waals surface area contributed by atoms with Crippen LogP contribution < -0.4 is 5.43 Å². The van der Waals surface area contributed by atoms with E-state index in [4.69, 9.17) is 0 Å². The van der Waals surface area contributed by atoms with Gasteiger partial charge in [0.2, 0.25) is 0 Å². The SMILES string of the molecule is Cc1cc(O)cc(O)c1/C=N/NC(=O)c1ccccc1. The summed E-state index contributed by atoms with van der Waals surface area (Å²) >= 11 is 0. The highest BCUT2D eigenvalue weighted by Gasteiger charge is 2.06. The van der Waals surface area contributed by atoms with Gasteiger partial charge in [-0.3, -0.25) is 4.79 Å². The number of hydrazone groups is 1. The van der Waals surface area contributed by atoms with Crippen LogP contribution in [0, 0.1) is 6.92 Å². The van der Waals surface area contributed by atoms with Crippen LogP contribution in [-0.2, 0) is 0 Å². The number of aromatic hydroxyl groups is 2. The maximum absolute atomic E-state index is 11.7. The zero-order chi connectivity index (χ0) is 14.5. The molecule has 5 heteroatoms. The van der Waals surface area contributed by atoms with Crippen LogP contribution >= 0.6 is 0 Å². The van der Waals surface area contributed by atoms with Crippen molar-refractivity contribution in [3.63, 3.8) is 0 Å². The van der Waals surface area contributed by atoms with E-state index in [0.717, 1.165) is 0 Å². The number of nitrogens with one attached hydrogen (secondary N) is 1. The summed E-state index contributed by atoms with van der Waals surface area (Å²) in [5.74, 6) is -0.455. The lowest BCUT2D eigenvalue weighted by Crippen LogP contribution is -2.17. The average molecular weight is 270 g/mol. The number of phenols is 2. The fraction of sp³-hybridized carbons (Fsp3) is 0.0667. The summed E-state index contributed by atoms with van der Waals surface area (Å²) in [6.07, 6.45) is 1.34. The highest BCUT2D eigenvalue weighted by atomic mass is 16.3. The lowest BCUT2D eigenvalue weighted by molar-refractivity contribution is 0.0955. The van der Waals surface area contributed by atoms with Crippen molar-refractivity contribution in [3.8, 4) is 11.5 Å². The second kappa shape index (κ2) is 5.88. The van der Waals surface area contributed by atoms with Crippen LogP contribution in [0.25, 0.3) is 0 Å². The number of hydrogen-bond acceptors (Lipinski definition) is 4. The smallest absolute Gasteiger partial charge is 0.271 e. The Morgan fingerprint density at radius 1 is 1.20 bits per heavy atom. The predicted octanol–water partition coefficient (Wildman–Crippen LogP) is 2.17. The monoisotopic (exact) mass is 270 g/mol. The van der Waals surface area contributed by atoms with E-state index < -0.39 is 0 Å². The number of amides is 1. The van der Waals surface area contributed by atoms with E-state index in [1.807, 2.05) is 6.07 Å². The summed E-state index contributed by atoms with van der Waals surface area (Å²) in [5, 5.41) is 22.8. The number of hydrogen-bond donors (Lipinski definition) is 3. The molecule has 0 radical (unpaired) electrons. The van der Waals surface area contributed by atoms with Crippen LogP contribution in [0.4, 0.5) is 0 Å². The Morgan fingerprint density at radius 2 is 1.90 bits per heavy atom. The maximum atomic E-state index is 11.7. The molecule has 2 aromatic carbocycles. The summed E-state index contributed by atoms with van der Waals surface area (Å²) in [6.45, 7) is 1.72. The maximum Gasteiger partial charge on any atom is 0.271 e. The molecule has 0 saturated carbocycles. The van der Waals surface area contributed by atoms with E-state index in [1.165, 1.54) is 18.3 Å². The molecule has 0 spiro atoms. The Kier molecular flexibility index (Phi) is 4.00. The van der Waals surface area contributed by atoms with Gasteiger partial charge in [0.25, 0.3) is 5.91 Å². The zero-order valence-corrected chi connectivity index (χ0v) is 10.9. The van der Waals surface area contributed by atoms with E-state index in [9.17, 15) is 15.0 Å². The van der Waals surface area contributed by atoms with Crippen molar-refractivity contribution in [2.45, 2.75) is 6.92 Å². The number of phenolic OH excluding ortho intramolecular Hbond substituents is 2. The van der Waals surface area contributed by atoms with Crippen molar-refractivity contribution in [2.75, 3.05) is 0 Å². The molecule has 0 atom stereocenters. The molecule has 0 fully saturated rings. The third-order valence-corrected chi connectivity index (χ3v) is 2.75. The molecule has 2 aromatic rings. The molecule has 0 aromatic heterocycles. The highest BCUT2D eigenvalue weighted by molar-refractivity contribution is 5.95. The van der Waals surface area contributed by atoms with Crippen molar-refractivity contribution < 1.29 is 15.0 Å². The van der Waals surface area contributed by atoms with Gasteiger partial charge in [-0.1, -0.05) is 18.2 Å². The Hall–Kier alpha value is -2.82. The highest BCUT2D eigenvalue weighted by Crippen LogP contribution is 2.24. The minimum Gasteiger partial charge on any atom is -0.508 e. The molecule has 1 amide bonds. The van der Waals surface area contributed by atoms with Gasteiger partial charge in [-0.05, 0) is 30.7 Å². The third kappa shape index (κ3) is 3.14. The molecule has 20 heavy (non-hydrogen) atoms. The van der Waals surface area contributed by atoms with Crippen LogP contribution in [0.1, 0.15) is 21.5 Å². The summed E-state index contributed by atoms with van der Waals surface area (Å²) in [5.41, 5.74) is 3.96. The first kappa shape index (κ1) is 13.6. The predicted molar refractivity (Wildman–Crippen MR) is 76.0 cm³/mol. The first-order valence-corrected chi connectivity index (χ1v) is 5.99. The number of aryl methyl sites for hydroxylation is 1. The van der Waals surface area contributed by atoms with E-state index in [-0.39, 0.29) is 17.4 Å². The number of nitrogens with zero attached hydrogens (tertiary/aromatic N) is 1. The van der Waals surface area contributed by atoms with Crippen molar-refractivity contribution in [2.24, 2.45) is 5.10 Å². The lowest BCUT2D eigenvalue weighted by Gasteiger charge is -2.04. The van der Waals surface area contributed by atoms with Crippen molar-refractivity contribution in [1.82, 2.24) is 5.43 Å². The van der Waals surface area contributed by atoms with Crippen molar-refractivity contribution in [1.29, 1.82) is 0 Å². The van der Waals surface area contributed by atoms with E-state index >= 15 is 0 Å². The van der Waals surface area contributed by atoms with Gasteiger partial charge in [-0.2, -0.15) is 5.10 Å². The van der Waals surface area contributed by atoms with Crippen molar-refractivity contribution >= 4 is 12.1 Å². The van der Waals surface area contributed by atoms with E-state index in [0.29, 0.717) is 16.7 Å². The topological polar surface area (TPSA) is 81.9 Å². The minimum absolute atomic E-state index is 0.0227. The fourth-order valence-electron chi connectivity index (χ4n) is 1.74. The molecule has 0 saturated heterocycles. The Labute approximate surface area is 116 Å². The molecule has 3 N–H and O–H groups in total. The second-order valence-corrected chi connectivity index (χ2v) is 4.26. The van der Waals surface area contributed by atoms with Crippen LogP contribution in [0.15, 0.2) is 47.6 Å². The molecule has 0 unspecified atom stereocenters. The van der Waals surface area contributed by atoms with Gasteiger partial charge in [0.15, 0.2) is 0 Å².